The van der Waals surface area contributed by atoms with Gasteiger partial charge in [-0.1, -0.05) is 17.8 Å². The van der Waals surface area contributed by atoms with Crippen molar-refractivity contribution in [1.29, 1.82) is 0 Å². The largest absolute Gasteiger partial charge is 0.497 e. The molecule has 0 radical (unpaired) electrons. The first-order chi connectivity index (χ1) is 10.7. The number of ether oxygens (including phenoxy) is 2. The summed E-state index contributed by atoms with van der Waals surface area (Å²) >= 11 is 1.52. The Morgan fingerprint density at radius 1 is 1.36 bits per heavy atom. The van der Waals surface area contributed by atoms with Crippen molar-refractivity contribution in [3.8, 4) is 16.9 Å². The Kier molecular flexibility index (Phi) is 4.16. The summed E-state index contributed by atoms with van der Waals surface area (Å²) < 4.78 is 16.2. The fourth-order valence-corrected chi connectivity index (χ4v) is 3.49. The van der Waals surface area contributed by atoms with E-state index in [0.29, 0.717) is 12.4 Å². The molecule has 4 nitrogen and oxygen atoms in total. The van der Waals surface area contributed by atoms with Crippen molar-refractivity contribution in [1.82, 2.24) is 0 Å². The van der Waals surface area contributed by atoms with Crippen molar-refractivity contribution in [3.05, 3.63) is 35.1 Å². The SMILES string of the molecule is CCOC(=O)c1oc(SC)c2c1-c1ccc(OC)cc1CC2. The van der Waals surface area contributed by atoms with Gasteiger partial charge in [0.1, 0.15) is 5.75 Å². The molecule has 0 spiro atoms. The van der Waals surface area contributed by atoms with Gasteiger partial charge in [0.05, 0.1) is 13.7 Å². The van der Waals surface area contributed by atoms with Crippen LogP contribution in [0.2, 0.25) is 0 Å². The number of benzene rings is 1. The molecule has 0 N–H and O–H groups in total. The number of carbonyl (C=O) groups excluding carboxylic acids is 1. The van der Waals surface area contributed by atoms with E-state index in [0.717, 1.165) is 40.4 Å². The molecule has 1 aromatic heterocycles. The average Bonchev–Trinajstić information content (AvgIpc) is 2.93. The number of carbonyl (C=O) groups is 1. The van der Waals surface area contributed by atoms with Crippen LogP contribution in [0, 0.1) is 0 Å². The lowest BCUT2D eigenvalue weighted by atomic mass is 9.86. The van der Waals surface area contributed by atoms with Crippen LogP contribution >= 0.6 is 11.8 Å². The van der Waals surface area contributed by atoms with E-state index in [4.69, 9.17) is 13.9 Å². The van der Waals surface area contributed by atoms with E-state index >= 15 is 0 Å². The van der Waals surface area contributed by atoms with Gasteiger partial charge in [0.25, 0.3) is 0 Å². The van der Waals surface area contributed by atoms with Gasteiger partial charge in [-0.15, -0.1) is 0 Å². The van der Waals surface area contributed by atoms with Crippen molar-refractivity contribution in [2.75, 3.05) is 20.0 Å². The number of hydrogen-bond donors (Lipinski definition) is 0. The zero-order valence-electron chi connectivity index (χ0n) is 12.9. The van der Waals surface area contributed by atoms with Crippen LogP contribution in [0.4, 0.5) is 0 Å². The third-order valence-electron chi connectivity index (χ3n) is 3.84. The van der Waals surface area contributed by atoms with Crippen molar-refractivity contribution in [3.63, 3.8) is 0 Å². The lowest BCUT2D eigenvalue weighted by Crippen LogP contribution is -2.08. The lowest BCUT2D eigenvalue weighted by molar-refractivity contribution is 0.0485. The summed E-state index contributed by atoms with van der Waals surface area (Å²) in [7, 11) is 1.66. The average molecular weight is 318 g/mol. The van der Waals surface area contributed by atoms with Gasteiger partial charge in [-0.05, 0) is 49.3 Å². The second-order valence-corrected chi connectivity index (χ2v) is 5.80. The Bertz CT molecular complexity index is 718. The number of thioether (sulfide) groups is 1. The van der Waals surface area contributed by atoms with E-state index < -0.39 is 5.97 Å². The van der Waals surface area contributed by atoms with Crippen LogP contribution in [0.5, 0.6) is 5.75 Å². The van der Waals surface area contributed by atoms with E-state index in [1.165, 1.54) is 17.3 Å². The minimum atomic E-state index is -0.400. The lowest BCUT2D eigenvalue weighted by Gasteiger charge is -2.18. The van der Waals surface area contributed by atoms with Crippen LogP contribution in [-0.4, -0.2) is 25.9 Å². The predicted molar refractivity (Wildman–Crippen MR) is 85.8 cm³/mol. The summed E-state index contributed by atoms with van der Waals surface area (Å²) in [4.78, 5) is 12.2. The molecule has 2 aromatic rings. The van der Waals surface area contributed by atoms with Crippen molar-refractivity contribution < 1.29 is 18.7 Å². The fourth-order valence-electron chi connectivity index (χ4n) is 2.87. The summed E-state index contributed by atoms with van der Waals surface area (Å²) in [5, 5.41) is 0.805. The first kappa shape index (κ1) is 15.0. The molecule has 0 unspecified atom stereocenters. The third kappa shape index (κ3) is 2.39. The Morgan fingerprint density at radius 2 is 2.18 bits per heavy atom. The maximum absolute atomic E-state index is 12.2. The second-order valence-electron chi connectivity index (χ2n) is 5.02. The molecule has 0 amide bonds. The summed E-state index contributed by atoms with van der Waals surface area (Å²) in [6.45, 7) is 2.12. The van der Waals surface area contributed by atoms with Gasteiger partial charge >= 0.3 is 5.97 Å². The van der Waals surface area contributed by atoms with E-state index in [2.05, 4.69) is 0 Å². The molecule has 3 rings (SSSR count). The Balaban J connectivity index is 2.17. The Hall–Kier alpha value is -1.88. The number of fused-ring (bicyclic) bond motifs is 3. The monoisotopic (exact) mass is 318 g/mol. The molecule has 1 aromatic carbocycles. The summed E-state index contributed by atoms with van der Waals surface area (Å²) in [5.74, 6) is 0.739. The molecule has 5 heteroatoms. The Morgan fingerprint density at radius 3 is 2.86 bits per heavy atom. The van der Waals surface area contributed by atoms with E-state index in [9.17, 15) is 4.79 Å². The van der Waals surface area contributed by atoms with Crippen LogP contribution in [0.3, 0.4) is 0 Å². The quantitative estimate of drug-likeness (QED) is 0.631. The fraction of sp³-hybridized carbons (Fsp3) is 0.353. The molecule has 0 bridgehead atoms. The topological polar surface area (TPSA) is 48.7 Å². The molecule has 1 aliphatic carbocycles. The van der Waals surface area contributed by atoms with E-state index in [1.807, 2.05) is 24.5 Å². The molecule has 0 atom stereocenters. The van der Waals surface area contributed by atoms with Crippen LogP contribution in [0.15, 0.2) is 27.7 Å². The van der Waals surface area contributed by atoms with Crippen LogP contribution in [0.25, 0.3) is 11.1 Å². The minimum absolute atomic E-state index is 0.312. The highest BCUT2D eigenvalue weighted by Gasteiger charge is 2.30. The number of furan rings is 1. The molecule has 22 heavy (non-hydrogen) atoms. The van der Waals surface area contributed by atoms with Crippen molar-refractivity contribution in [2.24, 2.45) is 0 Å². The normalized spacial score (nSPS) is 12.5. The first-order valence-electron chi connectivity index (χ1n) is 7.23. The third-order valence-corrected chi connectivity index (χ3v) is 4.54. The van der Waals surface area contributed by atoms with Crippen LogP contribution < -0.4 is 4.74 Å². The van der Waals surface area contributed by atoms with Crippen molar-refractivity contribution in [2.45, 2.75) is 24.9 Å². The smallest absolute Gasteiger partial charge is 0.374 e. The van der Waals surface area contributed by atoms with E-state index in [-0.39, 0.29) is 0 Å². The number of esters is 1. The standard InChI is InChI=1S/C17H18O4S/c1-4-20-16(18)15-14-12-8-6-11(19-2)9-10(12)5-7-13(14)17(21-15)22-3/h6,8-9H,4-5,7H2,1-3H3. The highest BCUT2D eigenvalue weighted by atomic mass is 32.2. The van der Waals surface area contributed by atoms with Crippen LogP contribution in [-0.2, 0) is 17.6 Å². The summed E-state index contributed by atoms with van der Waals surface area (Å²) in [6, 6.07) is 5.93. The molecule has 0 saturated carbocycles. The number of hydrogen-bond acceptors (Lipinski definition) is 5. The number of rotatable bonds is 4. The highest BCUT2D eigenvalue weighted by molar-refractivity contribution is 7.98. The van der Waals surface area contributed by atoms with Gasteiger partial charge in [-0.3, -0.25) is 0 Å². The number of methoxy groups -OCH3 is 1. The molecule has 1 heterocycles. The van der Waals surface area contributed by atoms with Gasteiger partial charge in [0, 0.05) is 11.1 Å². The zero-order chi connectivity index (χ0) is 15.7. The molecule has 0 aliphatic heterocycles. The molecular weight excluding hydrogens is 300 g/mol. The highest BCUT2D eigenvalue weighted by Crippen LogP contribution is 2.43. The van der Waals surface area contributed by atoms with Crippen LogP contribution in [0.1, 0.15) is 28.6 Å². The van der Waals surface area contributed by atoms with Crippen molar-refractivity contribution >= 4 is 17.7 Å². The predicted octanol–water partition coefficient (Wildman–Crippen LogP) is 3.95. The van der Waals surface area contributed by atoms with Gasteiger partial charge in [-0.25, -0.2) is 4.79 Å². The minimum Gasteiger partial charge on any atom is -0.497 e. The van der Waals surface area contributed by atoms with Gasteiger partial charge in [0.2, 0.25) is 5.76 Å². The first-order valence-corrected chi connectivity index (χ1v) is 8.46. The van der Waals surface area contributed by atoms with Gasteiger partial charge in [-0.2, -0.15) is 0 Å². The second kappa shape index (κ2) is 6.08. The van der Waals surface area contributed by atoms with Gasteiger partial charge in [0.15, 0.2) is 5.09 Å². The Labute approximate surface area is 133 Å². The van der Waals surface area contributed by atoms with Gasteiger partial charge < -0.3 is 13.9 Å². The number of aryl methyl sites for hydroxylation is 1. The summed E-state index contributed by atoms with van der Waals surface area (Å²) in [6.07, 6.45) is 3.72. The molecule has 0 fully saturated rings. The maximum atomic E-state index is 12.2. The molecule has 0 saturated heterocycles. The maximum Gasteiger partial charge on any atom is 0.374 e. The molecule has 1 aliphatic rings. The van der Waals surface area contributed by atoms with E-state index in [1.54, 1.807) is 14.0 Å². The molecule has 116 valence electrons. The zero-order valence-corrected chi connectivity index (χ0v) is 13.7. The molecular formula is C17H18O4S. The summed E-state index contributed by atoms with van der Waals surface area (Å²) in [5.41, 5.74) is 4.19.